The molecule has 3 heterocycles. The van der Waals surface area contributed by atoms with Gasteiger partial charge < -0.3 is 13.9 Å². The van der Waals surface area contributed by atoms with Crippen LogP contribution in [0.4, 0.5) is 0 Å². The van der Waals surface area contributed by atoms with Gasteiger partial charge >= 0.3 is 0 Å². The van der Waals surface area contributed by atoms with Crippen LogP contribution in [-0.2, 0) is 0 Å². The molecule has 0 atom stereocenters. The van der Waals surface area contributed by atoms with Gasteiger partial charge in [0.05, 0.1) is 29.2 Å². The molecule has 1 aliphatic heterocycles. The van der Waals surface area contributed by atoms with Gasteiger partial charge in [0.2, 0.25) is 13.4 Å². The topological polar surface area (TPSA) is 19.1 Å². The number of benzene rings is 8. The Labute approximate surface area is 359 Å². The highest BCUT2D eigenvalue weighted by molar-refractivity contribution is 7.11. The van der Waals surface area contributed by atoms with Gasteiger partial charge in [-0.3, -0.25) is 0 Å². The van der Waals surface area contributed by atoms with Crippen molar-refractivity contribution in [1.82, 2.24) is 9.13 Å². The summed E-state index contributed by atoms with van der Waals surface area (Å²) in [6.07, 6.45) is 0. The summed E-state index contributed by atoms with van der Waals surface area (Å²) in [6, 6.07) is 55.2. The molecular formula is C56H48B2N2O. The van der Waals surface area contributed by atoms with E-state index in [1.54, 1.807) is 7.11 Å². The Bertz CT molecular complexity index is 3310. The molecule has 3 nitrogen and oxygen atoms in total. The fourth-order valence-corrected chi connectivity index (χ4v) is 11.2. The lowest BCUT2D eigenvalue weighted by Crippen LogP contribution is -2.75. The minimum atomic E-state index is 0.104. The van der Waals surface area contributed by atoms with Gasteiger partial charge in [0, 0.05) is 32.9 Å². The molecule has 61 heavy (non-hydrogen) atoms. The van der Waals surface area contributed by atoms with E-state index in [2.05, 4.69) is 203 Å². The third-order valence-electron chi connectivity index (χ3n) is 13.7. The lowest BCUT2D eigenvalue weighted by Gasteiger charge is -2.34. The molecule has 0 aliphatic carbocycles. The summed E-state index contributed by atoms with van der Waals surface area (Å²) in [4.78, 5) is 0. The molecule has 0 radical (unpaired) electrons. The minimum absolute atomic E-state index is 0.104. The highest BCUT2D eigenvalue weighted by Crippen LogP contribution is 2.36. The number of aryl methyl sites for hydroxylation is 7. The van der Waals surface area contributed by atoms with Crippen LogP contribution in [0.1, 0.15) is 38.9 Å². The van der Waals surface area contributed by atoms with E-state index in [1.807, 2.05) is 0 Å². The van der Waals surface area contributed by atoms with Crippen molar-refractivity contribution in [3.63, 3.8) is 0 Å². The average molecular weight is 787 g/mol. The van der Waals surface area contributed by atoms with Gasteiger partial charge in [0.25, 0.3) is 0 Å². The molecule has 0 saturated carbocycles. The Morgan fingerprint density at radius 3 is 1.00 bits per heavy atom. The van der Waals surface area contributed by atoms with E-state index >= 15 is 0 Å². The van der Waals surface area contributed by atoms with Crippen molar-refractivity contribution in [3.05, 3.63) is 185 Å². The number of ether oxygens (including phenoxy) is 1. The van der Waals surface area contributed by atoms with Crippen molar-refractivity contribution in [2.75, 3.05) is 7.11 Å². The van der Waals surface area contributed by atoms with Crippen LogP contribution >= 0.6 is 0 Å². The standard InChI is InChI=1S/C56H48B2N2O/c1-33-17-21-51-43(25-33)44-26-34(2)18-22-52(44)59(51)40-28-36(4)55(37(5)29-40)57-47-13-9-11-15-49(47)58(50-16-12-10-14-48(50)57)56-38(6)30-41(31-39(56)7)60-53-23-19-35(3)27-45(53)46-32-42(61-8)20-24-54(46)60/h9-32H,1-8H3. The normalized spacial score (nSPS) is 12.5. The molecule has 8 aromatic carbocycles. The van der Waals surface area contributed by atoms with Crippen molar-refractivity contribution in [2.45, 2.75) is 48.5 Å². The average Bonchev–Trinajstić information content (AvgIpc) is 3.74. The largest absolute Gasteiger partial charge is 0.497 e. The zero-order chi connectivity index (χ0) is 41.8. The Kier molecular flexibility index (Phi) is 8.52. The summed E-state index contributed by atoms with van der Waals surface area (Å²) in [5.74, 6) is 0.873. The Balaban J connectivity index is 1.06. The van der Waals surface area contributed by atoms with Crippen LogP contribution in [0, 0.1) is 48.5 Å². The van der Waals surface area contributed by atoms with Crippen LogP contribution in [0.5, 0.6) is 5.75 Å². The molecule has 1 aliphatic rings. The number of methoxy groups -OCH3 is 1. The number of hydrogen-bond donors (Lipinski definition) is 0. The van der Waals surface area contributed by atoms with Gasteiger partial charge in [0.15, 0.2) is 0 Å². The fraction of sp³-hybridized carbons (Fsp3) is 0.143. The smallest absolute Gasteiger partial charge is 0.240 e. The van der Waals surface area contributed by atoms with Crippen LogP contribution in [0.25, 0.3) is 55.0 Å². The summed E-state index contributed by atoms with van der Waals surface area (Å²) in [6.45, 7) is 16.0. The third kappa shape index (κ3) is 5.67. The summed E-state index contributed by atoms with van der Waals surface area (Å²) < 4.78 is 10.6. The molecule has 0 amide bonds. The molecule has 5 heteroatoms. The first kappa shape index (κ1) is 37.3. The number of nitrogens with zero attached hydrogens (tertiary/aromatic N) is 2. The van der Waals surface area contributed by atoms with Crippen molar-refractivity contribution in [2.24, 2.45) is 0 Å². The molecule has 0 fully saturated rings. The zero-order valence-electron chi connectivity index (χ0n) is 36.3. The SMILES string of the molecule is COc1ccc2c(c1)c1cc(C)ccc1n2-c1cc(C)c(B2c3ccccc3B(c3c(C)cc(-n4c5ccc(C)cc5c5cc(C)ccc54)cc3C)c3ccccc32)c(C)c1. The second kappa shape index (κ2) is 13.9. The van der Waals surface area contributed by atoms with Crippen LogP contribution in [0.15, 0.2) is 146 Å². The first-order valence-electron chi connectivity index (χ1n) is 21.6. The van der Waals surface area contributed by atoms with Crippen molar-refractivity contribution < 1.29 is 4.74 Å². The predicted octanol–water partition coefficient (Wildman–Crippen LogP) is 9.39. The maximum absolute atomic E-state index is 5.69. The highest BCUT2D eigenvalue weighted by atomic mass is 16.5. The number of aromatic nitrogens is 2. The summed E-state index contributed by atoms with van der Waals surface area (Å²) >= 11 is 0. The highest BCUT2D eigenvalue weighted by Gasteiger charge is 2.40. The Hall–Kier alpha value is -6.71. The lowest BCUT2D eigenvalue weighted by atomic mass is 9.20. The van der Waals surface area contributed by atoms with Gasteiger partial charge in [-0.05, 0) is 127 Å². The Morgan fingerprint density at radius 2 is 0.672 bits per heavy atom. The van der Waals surface area contributed by atoms with Crippen molar-refractivity contribution >= 4 is 89.8 Å². The van der Waals surface area contributed by atoms with Crippen LogP contribution < -0.4 is 37.5 Å². The molecule has 2 aromatic heterocycles. The van der Waals surface area contributed by atoms with Gasteiger partial charge in [-0.25, -0.2) is 0 Å². The summed E-state index contributed by atoms with van der Waals surface area (Å²) in [5.41, 5.74) is 24.7. The maximum Gasteiger partial charge on any atom is 0.240 e. The lowest BCUT2D eigenvalue weighted by molar-refractivity contribution is 0.415. The van der Waals surface area contributed by atoms with E-state index in [9.17, 15) is 0 Å². The minimum Gasteiger partial charge on any atom is -0.497 e. The van der Waals surface area contributed by atoms with Gasteiger partial charge in [-0.1, -0.05) is 138 Å². The van der Waals surface area contributed by atoms with Crippen LogP contribution in [0.2, 0.25) is 0 Å². The van der Waals surface area contributed by atoms with E-state index in [1.165, 1.54) is 127 Å². The molecule has 0 unspecified atom stereocenters. The van der Waals surface area contributed by atoms with E-state index in [-0.39, 0.29) is 13.4 Å². The van der Waals surface area contributed by atoms with Crippen molar-refractivity contribution in [1.29, 1.82) is 0 Å². The second-order valence-corrected chi connectivity index (χ2v) is 17.7. The molecule has 0 bridgehead atoms. The molecular weight excluding hydrogens is 738 g/mol. The molecule has 11 rings (SSSR count). The van der Waals surface area contributed by atoms with Crippen molar-refractivity contribution in [3.8, 4) is 17.1 Å². The quantitative estimate of drug-likeness (QED) is 0.159. The van der Waals surface area contributed by atoms with E-state index in [0.29, 0.717) is 0 Å². The maximum atomic E-state index is 5.69. The summed E-state index contributed by atoms with van der Waals surface area (Å²) in [5, 5.41) is 5.07. The number of fused-ring (bicyclic) bond motifs is 8. The fourth-order valence-electron chi connectivity index (χ4n) is 11.2. The number of rotatable bonds is 5. The van der Waals surface area contributed by atoms with E-state index in [0.717, 1.165) is 5.75 Å². The second-order valence-electron chi connectivity index (χ2n) is 17.7. The molecule has 0 spiro atoms. The van der Waals surface area contributed by atoms with Gasteiger partial charge in [-0.2, -0.15) is 0 Å². The first-order valence-corrected chi connectivity index (χ1v) is 21.6. The van der Waals surface area contributed by atoms with Gasteiger partial charge in [-0.15, -0.1) is 0 Å². The monoisotopic (exact) mass is 786 g/mol. The zero-order valence-corrected chi connectivity index (χ0v) is 36.3. The van der Waals surface area contributed by atoms with Gasteiger partial charge in [0.1, 0.15) is 5.75 Å². The van der Waals surface area contributed by atoms with E-state index in [4.69, 9.17) is 4.74 Å². The summed E-state index contributed by atoms with van der Waals surface area (Å²) in [7, 11) is 1.74. The molecule has 10 aromatic rings. The van der Waals surface area contributed by atoms with E-state index < -0.39 is 0 Å². The number of hydrogen-bond acceptors (Lipinski definition) is 1. The molecule has 294 valence electrons. The predicted molar refractivity (Wildman–Crippen MR) is 263 cm³/mol. The Morgan fingerprint density at radius 1 is 0.361 bits per heavy atom. The molecule has 0 N–H and O–H groups in total. The van der Waals surface area contributed by atoms with Crippen LogP contribution in [0.3, 0.4) is 0 Å². The van der Waals surface area contributed by atoms with Crippen LogP contribution in [-0.4, -0.2) is 29.7 Å². The molecule has 0 saturated heterocycles. The first-order chi connectivity index (χ1) is 29.6. The third-order valence-corrected chi connectivity index (χ3v) is 13.7.